The second-order valence-corrected chi connectivity index (χ2v) is 4.32. The van der Waals surface area contributed by atoms with Crippen molar-refractivity contribution in [3.05, 3.63) is 53.3 Å². The Kier molecular flexibility index (Phi) is 3.87. The molecule has 0 saturated carbocycles. The van der Waals surface area contributed by atoms with Crippen LogP contribution in [-0.2, 0) is 11.3 Å². The molecule has 19 heavy (non-hydrogen) atoms. The number of nitrogens with zero attached hydrogens (tertiary/aromatic N) is 1. The normalized spacial score (nSPS) is 10.2. The van der Waals surface area contributed by atoms with Gasteiger partial charge in [-0.15, -0.1) is 0 Å². The van der Waals surface area contributed by atoms with Crippen molar-refractivity contribution in [2.45, 2.75) is 6.54 Å². The number of carboxylic acid groups (broad SMARTS) is 1. The first-order valence-electron chi connectivity index (χ1n) is 5.50. The third-order valence-electron chi connectivity index (χ3n) is 2.49. The SMILES string of the molecule is O=C(Cn1cccc1C(=O)O)Nc1ccc(Cl)cc1. The van der Waals surface area contributed by atoms with E-state index in [0.29, 0.717) is 10.7 Å². The number of hydrogen-bond donors (Lipinski definition) is 2. The van der Waals surface area contributed by atoms with Gasteiger partial charge in [0.05, 0.1) is 0 Å². The number of carbonyl (C=O) groups excluding carboxylic acids is 1. The van der Waals surface area contributed by atoms with E-state index >= 15 is 0 Å². The Morgan fingerprint density at radius 2 is 1.89 bits per heavy atom. The highest BCUT2D eigenvalue weighted by molar-refractivity contribution is 6.30. The van der Waals surface area contributed by atoms with E-state index in [1.54, 1.807) is 36.5 Å². The van der Waals surface area contributed by atoms with Crippen LogP contribution in [0.2, 0.25) is 5.02 Å². The molecule has 2 N–H and O–H groups in total. The summed E-state index contributed by atoms with van der Waals surface area (Å²) in [6.45, 7) is -0.0583. The van der Waals surface area contributed by atoms with Crippen LogP contribution in [-0.4, -0.2) is 21.6 Å². The first-order chi connectivity index (χ1) is 9.06. The third kappa shape index (κ3) is 3.35. The van der Waals surface area contributed by atoms with Gasteiger partial charge < -0.3 is 15.0 Å². The molecule has 5 nitrogen and oxygen atoms in total. The lowest BCUT2D eigenvalue weighted by Crippen LogP contribution is -2.20. The van der Waals surface area contributed by atoms with Gasteiger partial charge in [-0.2, -0.15) is 0 Å². The predicted octanol–water partition coefficient (Wildman–Crippen LogP) is 2.48. The molecule has 0 radical (unpaired) electrons. The van der Waals surface area contributed by atoms with Gasteiger partial charge in [0.2, 0.25) is 5.91 Å². The van der Waals surface area contributed by atoms with Crippen molar-refractivity contribution in [2.75, 3.05) is 5.32 Å². The smallest absolute Gasteiger partial charge is 0.352 e. The molecule has 0 atom stereocenters. The molecule has 6 heteroatoms. The Morgan fingerprint density at radius 1 is 1.21 bits per heavy atom. The number of halogens is 1. The molecule has 0 saturated heterocycles. The van der Waals surface area contributed by atoms with Crippen LogP contribution < -0.4 is 5.32 Å². The van der Waals surface area contributed by atoms with Crippen LogP contribution in [0.25, 0.3) is 0 Å². The highest BCUT2D eigenvalue weighted by atomic mass is 35.5. The zero-order chi connectivity index (χ0) is 13.8. The zero-order valence-corrected chi connectivity index (χ0v) is 10.6. The van der Waals surface area contributed by atoms with Gasteiger partial charge in [-0.05, 0) is 36.4 Å². The molecule has 1 aromatic carbocycles. The molecule has 0 fully saturated rings. The van der Waals surface area contributed by atoms with Gasteiger partial charge in [-0.1, -0.05) is 11.6 Å². The van der Waals surface area contributed by atoms with E-state index in [4.69, 9.17) is 16.7 Å². The average Bonchev–Trinajstić information content (AvgIpc) is 2.80. The molecule has 1 heterocycles. The summed E-state index contributed by atoms with van der Waals surface area (Å²) in [7, 11) is 0. The van der Waals surface area contributed by atoms with Crippen molar-refractivity contribution in [2.24, 2.45) is 0 Å². The van der Waals surface area contributed by atoms with Crippen LogP contribution in [0.15, 0.2) is 42.6 Å². The number of carboxylic acids is 1. The molecule has 98 valence electrons. The highest BCUT2D eigenvalue weighted by Crippen LogP contribution is 2.13. The number of amides is 1. The van der Waals surface area contributed by atoms with Crippen molar-refractivity contribution in [1.29, 1.82) is 0 Å². The summed E-state index contributed by atoms with van der Waals surface area (Å²) in [5.74, 6) is -1.37. The molecular formula is C13H11ClN2O3. The Bertz CT molecular complexity index is 605. The maximum Gasteiger partial charge on any atom is 0.352 e. The van der Waals surface area contributed by atoms with Gasteiger partial charge in [0.1, 0.15) is 12.2 Å². The summed E-state index contributed by atoms with van der Waals surface area (Å²) in [4.78, 5) is 22.7. The molecular weight excluding hydrogens is 268 g/mol. The minimum atomic E-state index is -1.07. The lowest BCUT2D eigenvalue weighted by Gasteiger charge is -2.08. The number of aromatic carboxylic acids is 1. The van der Waals surface area contributed by atoms with E-state index in [1.165, 1.54) is 10.6 Å². The van der Waals surface area contributed by atoms with Crippen LogP contribution in [0, 0.1) is 0 Å². The third-order valence-corrected chi connectivity index (χ3v) is 2.74. The first-order valence-corrected chi connectivity index (χ1v) is 5.88. The largest absolute Gasteiger partial charge is 0.477 e. The van der Waals surface area contributed by atoms with Gasteiger partial charge >= 0.3 is 5.97 Å². The molecule has 0 bridgehead atoms. The van der Waals surface area contributed by atoms with E-state index in [2.05, 4.69) is 5.32 Å². The quantitative estimate of drug-likeness (QED) is 0.902. The van der Waals surface area contributed by atoms with Crippen molar-refractivity contribution in [1.82, 2.24) is 4.57 Å². The average molecular weight is 279 g/mol. The van der Waals surface area contributed by atoms with E-state index in [0.717, 1.165) is 0 Å². The number of anilines is 1. The summed E-state index contributed by atoms with van der Waals surface area (Å²) >= 11 is 5.74. The number of benzene rings is 1. The number of rotatable bonds is 4. The van der Waals surface area contributed by atoms with Crippen molar-refractivity contribution >= 4 is 29.2 Å². The topological polar surface area (TPSA) is 71.3 Å². The molecule has 0 aliphatic carbocycles. The van der Waals surface area contributed by atoms with Crippen molar-refractivity contribution in [3.8, 4) is 0 Å². The predicted molar refractivity (Wildman–Crippen MR) is 71.5 cm³/mol. The zero-order valence-electron chi connectivity index (χ0n) is 9.84. The van der Waals surface area contributed by atoms with E-state index in [9.17, 15) is 9.59 Å². The fourth-order valence-corrected chi connectivity index (χ4v) is 1.76. The molecule has 1 aromatic heterocycles. The summed E-state index contributed by atoms with van der Waals surface area (Å²) in [6.07, 6.45) is 1.55. The second-order valence-electron chi connectivity index (χ2n) is 3.88. The van der Waals surface area contributed by atoms with Crippen LogP contribution in [0.3, 0.4) is 0 Å². The number of aromatic nitrogens is 1. The molecule has 0 unspecified atom stereocenters. The van der Waals surface area contributed by atoms with Crippen molar-refractivity contribution < 1.29 is 14.7 Å². The number of hydrogen-bond acceptors (Lipinski definition) is 2. The lowest BCUT2D eigenvalue weighted by atomic mass is 10.3. The van der Waals surface area contributed by atoms with Gasteiger partial charge in [-0.25, -0.2) is 4.79 Å². The van der Waals surface area contributed by atoms with Crippen molar-refractivity contribution in [3.63, 3.8) is 0 Å². The maximum absolute atomic E-state index is 11.8. The van der Waals surface area contributed by atoms with Gasteiger partial charge in [0.25, 0.3) is 0 Å². The Labute approximate surface area is 114 Å². The molecule has 0 spiro atoms. The minimum Gasteiger partial charge on any atom is -0.477 e. The maximum atomic E-state index is 11.8. The van der Waals surface area contributed by atoms with Gasteiger partial charge in [0.15, 0.2) is 0 Å². The van der Waals surface area contributed by atoms with E-state index in [-0.39, 0.29) is 18.1 Å². The van der Waals surface area contributed by atoms with Gasteiger partial charge in [-0.3, -0.25) is 4.79 Å². The Balaban J connectivity index is 2.03. The standard InChI is InChI=1S/C13H11ClN2O3/c14-9-3-5-10(6-4-9)15-12(17)8-16-7-1-2-11(16)13(18)19/h1-7H,8H2,(H,15,17)(H,18,19). The lowest BCUT2D eigenvalue weighted by molar-refractivity contribution is -0.116. The number of nitrogens with one attached hydrogen (secondary N) is 1. The molecule has 0 aliphatic rings. The van der Waals surface area contributed by atoms with Crippen LogP contribution in [0.1, 0.15) is 10.5 Å². The van der Waals surface area contributed by atoms with E-state index < -0.39 is 5.97 Å². The van der Waals surface area contributed by atoms with E-state index in [1.807, 2.05) is 0 Å². The fourth-order valence-electron chi connectivity index (χ4n) is 1.63. The monoisotopic (exact) mass is 278 g/mol. The molecule has 0 aliphatic heterocycles. The molecule has 2 rings (SSSR count). The summed E-state index contributed by atoms with van der Waals surface area (Å²) in [6, 6.07) is 9.70. The highest BCUT2D eigenvalue weighted by Gasteiger charge is 2.11. The second kappa shape index (κ2) is 5.58. The Hall–Kier alpha value is -2.27. The van der Waals surface area contributed by atoms with Crippen LogP contribution in [0.4, 0.5) is 5.69 Å². The van der Waals surface area contributed by atoms with Crippen LogP contribution >= 0.6 is 11.6 Å². The molecule has 2 aromatic rings. The van der Waals surface area contributed by atoms with Gasteiger partial charge in [0, 0.05) is 16.9 Å². The first kappa shape index (κ1) is 13.2. The van der Waals surface area contributed by atoms with Crippen LogP contribution in [0.5, 0.6) is 0 Å². The summed E-state index contributed by atoms with van der Waals surface area (Å²) in [5, 5.41) is 12.2. The Morgan fingerprint density at radius 3 is 2.53 bits per heavy atom. The minimum absolute atomic E-state index is 0.0583. The molecule has 1 amide bonds. The summed E-state index contributed by atoms with van der Waals surface area (Å²) < 4.78 is 1.37. The summed E-state index contributed by atoms with van der Waals surface area (Å²) in [5.41, 5.74) is 0.685. The number of carbonyl (C=O) groups is 2. The fraction of sp³-hybridized carbons (Fsp3) is 0.0769.